The molecule has 1 spiro atoms. The van der Waals surface area contributed by atoms with E-state index in [4.69, 9.17) is 5.73 Å². The molecule has 2 aliphatic rings. The van der Waals surface area contributed by atoms with E-state index in [1.807, 2.05) is 42.2 Å². The lowest BCUT2D eigenvalue weighted by Gasteiger charge is -2.42. The number of amides is 1. The Morgan fingerprint density at radius 1 is 1.10 bits per heavy atom. The molecular weight excluding hydrogens is 260 g/mol. The fourth-order valence-electron chi connectivity index (χ4n) is 4.05. The van der Waals surface area contributed by atoms with Crippen LogP contribution in [0.5, 0.6) is 0 Å². The third-order valence-corrected chi connectivity index (χ3v) is 5.59. The normalized spacial score (nSPS) is 24.0. The first kappa shape index (κ1) is 14.6. The van der Waals surface area contributed by atoms with Gasteiger partial charge in [-0.05, 0) is 43.6 Å². The van der Waals surface area contributed by atoms with Gasteiger partial charge in [-0.3, -0.25) is 4.79 Å². The van der Waals surface area contributed by atoms with Gasteiger partial charge in [0.1, 0.15) is 5.54 Å². The van der Waals surface area contributed by atoms with Crippen molar-refractivity contribution in [1.82, 2.24) is 4.90 Å². The molecule has 1 aliphatic carbocycles. The molecule has 0 aromatic heterocycles. The number of carbonyl (C=O) groups is 1. The van der Waals surface area contributed by atoms with Crippen LogP contribution in [0.15, 0.2) is 30.3 Å². The van der Waals surface area contributed by atoms with Gasteiger partial charge in [-0.2, -0.15) is 0 Å². The van der Waals surface area contributed by atoms with Crippen LogP contribution in [0.1, 0.15) is 51.0 Å². The van der Waals surface area contributed by atoms with Gasteiger partial charge in [-0.15, -0.1) is 0 Å². The van der Waals surface area contributed by atoms with Gasteiger partial charge in [0.15, 0.2) is 0 Å². The first-order valence-corrected chi connectivity index (χ1v) is 8.17. The summed E-state index contributed by atoms with van der Waals surface area (Å²) in [6, 6.07) is 9.73. The van der Waals surface area contributed by atoms with E-state index in [1.165, 1.54) is 25.7 Å². The number of likely N-dealkylation sites (tertiary alicyclic amines) is 1. The summed E-state index contributed by atoms with van der Waals surface area (Å²) in [4.78, 5) is 14.8. The van der Waals surface area contributed by atoms with Crippen LogP contribution >= 0.6 is 0 Å². The van der Waals surface area contributed by atoms with Crippen molar-refractivity contribution >= 4 is 5.91 Å². The summed E-state index contributed by atoms with van der Waals surface area (Å²) in [5.41, 5.74) is 6.89. The Morgan fingerprint density at radius 3 is 2.24 bits per heavy atom. The number of benzene rings is 1. The molecule has 1 aliphatic heterocycles. The quantitative estimate of drug-likeness (QED) is 0.908. The van der Waals surface area contributed by atoms with E-state index in [0.29, 0.717) is 5.41 Å². The van der Waals surface area contributed by atoms with Crippen molar-refractivity contribution in [2.75, 3.05) is 13.1 Å². The summed E-state index contributed by atoms with van der Waals surface area (Å²) < 4.78 is 0. The molecule has 1 amide bonds. The Balaban J connectivity index is 1.69. The van der Waals surface area contributed by atoms with Crippen LogP contribution in [-0.2, 0) is 10.3 Å². The monoisotopic (exact) mass is 286 g/mol. The van der Waals surface area contributed by atoms with E-state index in [1.54, 1.807) is 0 Å². The minimum absolute atomic E-state index is 0.0709. The molecule has 1 heterocycles. The molecule has 114 valence electrons. The second kappa shape index (κ2) is 5.45. The highest BCUT2D eigenvalue weighted by atomic mass is 16.2. The van der Waals surface area contributed by atoms with Crippen molar-refractivity contribution in [1.29, 1.82) is 0 Å². The van der Waals surface area contributed by atoms with Crippen molar-refractivity contribution in [3.8, 4) is 0 Å². The van der Waals surface area contributed by atoms with Gasteiger partial charge in [0.05, 0.1) is 0 Å². The second-order valence-corrected chi connectivity index (χ2v) is 7.07. The lowest BCUT2D eigenvalue weighted by atomic mass is 9.76. The summed E-state index contributed by atoms with van der Waals surface area (Å²) >= 11 is 0. The zero-order valence-corrected chi connectivity index (χ0v) is 13.0. The molecule has 2 N–H and O–H groups in total. The van der Waals surface area contributed by atoms with Gasteiger partial charge in [0.2, 0.25) is 5.91 Å². The zero-order chi connectivity index (χ0) is 14.9. The molecule has 3 heteroatoms. The van der Waals surface area contributed by atoms with Gasteiger partial charge in [-0.1, -0.05) is 43.2 Å². The third kappa shape index (κ3) is 2.71. The fraction of sp³-hybridized carbons (Fsp3) is 0.611. The molecule has 1 saturated carbocycles. The van der Waals surface area contributed by atoms with Crippen LogP contribution in [-0.4, -0.2) is 23.9 Å². The summed E-state index contributed by atoms with van der Waals surface area (Å²) in [6.07, 6.45) is 7.76. The van der Waals surface area contributed by atoms with Gasteiger partial charge in [0.25, 0.3) is 0 Å². The van der Waals surface area contributed by atoms with Crippen LogP contribution < -0.4 is 5.73 Å². The van der Waals surface area contributed by atoms with Crippen molar-refractivity contribution < 1.29 is 4.79 Å². The number of carbonyl (C=O) groups excluding carboxylic acids is 1. The molecule has 1 aromatic carbocycles. The molecule has 2 fully saturated rings. The molecule has 1 atom stereocenters. The summed E-state index contributed by atoms with van der Waals surface area (Å²) in [6.45, 7) is 3.58. The summed E-state index contributed by atoms with van der Waals surface area (Å²) in [7, 11) is 0. The van der Waals surface area contributed by atoms with Crippen LogP contribution in [0, 0.1) is 5.41 Å². The topological polar surface area (TPSA) is 46.3 Å². The minimum atomic E-state index is -0.915. The van der Waals surface area contributed by atoms with Gasteiger partial charge in [0, 0.05) is 13.1 Å². The number of nitrogens with zero attached hydrogens (tertiary/aromatic N) is 1. The number of nitrogens with two attached hydrogens (primary N) is 1. The highest BCUT2D eigenvalue weighted by molar-refractivity contribution is 5.87. The Bertz CT molecular complexity index is 493. The largest absolute Gasteiger partial charge is 0.341 e. The molecule has 1 unspecified atom stereocenters. The van der Waals surface area contributed by atoms with Crippen LogP contribution in [0.25, 0.3) is 0 Å². The zero-order valence-electron chi connectivity index (χ0n) is 13.0. The Labute approximate surface area is 127 Å². The molecular formula is C18H26N2O. The van der Waals surface area contributed by atoms with E-state index in [0.717, 1.165) is 31.5 Å². The van der Waals surface area contributed by atoms with E-state index in [9.17, 15) is 4.79 Å². The number of rotatable bonds is 2. The van der Waals surface area contributed by atoms with E-state index < -0.39 is 5.54 Å². The number of hydrogen-bond acceptors (Lipinski definition) is 2. The minimum Gasteiger partial charge on any atom is -0.341 e. The van der Waals surface area contributed by atoms with Crippen LogP contribution in [0.4, 0.5) is 0 Å². The lowest BCUT2D eigenvalue weighted by molar-refractivity contribution is -0.139. The van der Waals surface area contributed by atoms with Gasteiger partial charge in [-0.25, -0.2) is 0 Å². The maximum absolute atomic E-state index is 12.8. The lowest BCUT2D eigenvalue weighted by Crippen LogP contribution is -2.54. The molecule has 3 rings (SSSR count). The first-order valence-electron chi connectivity index (χ1n) is 8.17. The number of piperidine rings is 1. The van der Waals surface area contributed by atoms with E-state index in [2.05, 4.69) is 0 Å². The van der Waals surface area contributed by atoms with Crippen molar-refractivity contribution in [2.45, 2.75) is 51.0 Å². The van der Waals surface area contributed by atoms with Gasteiger partial charge < -0.3 is 10.6 Å². The van der Waals surface area contributed by atoms with Gasteiger partial charge >= 0.3 is 0 Å². The van der Waals surface area contributed by atoms with E-state index >= 15 is 0 Å². The maximum atomic E-state index is 12.8. The Kier molecular flexibility index (Phi) is 3.78. The highest BCUT2D eigenvalue weighted by Crippen LogP contribution is 2.46. The molecule has 1 aromatic rings. The van der Waals surface area contributed by atoms with Crippen LogP contribution in [0.3, 0.4) is 0 Å². The van der Waals surface area contributed by atoms with Crippen molar-refractivity contribution in [2.24, 2.45) is 11.1 Å². The fourth-order valence-corrected chi connectivity index (χ4v) is 4.05. The van der Waals surface area contributed by atoms with Crippen molar-refractivity contribution in [3.05, 3.63) is 35.9 Å². The average Bonchev–Trinajstić information content (AvgIpc) is 2.96. The predicted molar refractivity (Wildman–Crippen MR) is 84.7 cm³/mol. The highest BCUT2D eigenvalue weighted by Gasteiger charge is 2.41. The first-order chi connectivity index (χ1) is 10.0. The molecule has 0 bridgehead atoms. The average molecular weight is 286 g/mol. The van der Waals surface area contributed by atoms with Crippen LogP contribution in [0.2, 0.25) is 0 Å². The van der Waals surface area contributed by atoms with E-state index in [-0.39, 0.29) is 5.91 Å². The number of hydrogen-bond donors (Lipinski definition) is 1. The predicted octanol–water partition coefficient (Wildman–Crippen LogP) is 3.04. The molecule has 1 saturated heterocycles. The molecule has 0 radical (unpaired) electrons. The van der Waals surface area contributed by atoms with Crippen molar-refractivity contribution in [3.63, 3.8) is 0 Å². The standard InChI is InChI=1S/C18H26N2O/c1-17(19,15-7-3-2-4-8-15)16(21)20-13-11-18(12-14-20)9-5-6-10-18/h2-4,7-8H,5-6,9-14,19H2,1H3. The maximum Gasteiger partial charge on any atom is 0.246 e. The third-order valence-electron chi connectivity index (χ3n) is 5.59. The Morgan fingerprint density at radius 2 is 1.67 bits per heavy atom. The summed E-state index contributed by atoms with van der Waals surface area (Å²) in [5, 5.41) is 0. The molecule has 21 heavy (non-hydrogen) atoms. The smallest absolute Gasteiger partial charge is 0.246 e. The SMILES string of the molecule is CC(N)(C(=O)N1CCC2(CCCC2)CC1)c1ccccc1. The summed E-state index contributed by atoms with van der Waals surface area (Å²) in [5.74, 6) is 0.0709. The molecule has 3 nitrogen and oxygen atoms in total. The second-order valence-electron chi connectivity index (χ2n) is 7.07. The Hall–Kier alpha value is -1.35.